The number of nitrogens with zero attached hydrogens (tertiary/aromatic N) is 3. The largest absolute Gasteiger partial charge is 0.410 e. The van der Waals surface area contributed by atoms with Crippen molar-refractivity contribution < 1.29 is 4.42 Å². The number of thioether (sulfide) groups is 1. The van der Waals surface area contributed by atoms with E-state index in [1.807, 2.05) is 32.0 Å². The van der Waals surface area contributed by atoms with Crippen LogP contribution in [0.15, 0.2) is 33.9 Å². The minimum absolute atomic E-state index is 0.531. The van der Waals surface area contributed by atoms with Gasteiger partial charge in [-0.2, -0.15) is 0 Å². The van der Waals surface area contributed by atoms with E-state index in [0.717, 1.165) is 30.9 Å². The molecule has 0 aliphatic heterocycles. The van der Waals surface area contributed by atoms with Crippen LogP contribution in [0.5, 0.6) is 0 Å². The number of hydrogen-bond acceptors (Lipinski definition) is 7. The zero-order valence-corrected chi connectivity index (χ0v) is 16.1. The van der Waals surface area contributed by atoms with Crippen molar-refractivity contribution >= 4 is 56.1 Å². The van der Waals surface area contributed by atoms with Gasteiger partial charge in [-0.25, -0.2) is 4.98 Å². The Morgan fingerprint density at radius 2 is 2.00 bits per heavy atom. The number of hydrogen-bond donors (Lipinski definition) is 0. The fourth-order valence-corrected chi connectivity index (χ4v) is 5.64. The lowest BCUT2D eigenvalue weighted by molar-refractivity contribution is 0.466. The van der Waals surface area contributed by atoms with Gasteiger partial charge in [-0.15, -0.1) is 32.9 Å². The number of thiazole rings is 1. The predicted molar refractivity (Wildman–Crippen MR) is 101 cm³/mol. The van der Waals surface area contributed by atoms with Gasteiger partial charge in [-0.3, -0.25) is 0 Å². The van der Waals surface area contributed by atoms with Crippen molar-refractivity contribution in [1.82, 2.24) is 15.2 Å². The summed E-state index contributed by atoms with van der Waals surface area (Å²) < 4.78 is 6.97. The molecular formula is C16H12ClN3OS3. The van der Waals surface area contributed by atoms with Crippen LogP contribution in [-0.4, -0.2) is 15.2 Å². The molecule has 8 heteroatoms. The average Bonchev–Trinajstić information content (AvgIpc) is 3.24. The third-order valence-corrected chi connectivity index (χ3v) is 7.24. The van der Waals surface area contributed by atoms with E-state index < -0.39 is 0 Å². The standard InChI is InChI=1S/C16H12ClN3OS3/c1-8-14(23-9(2)18-8)15-19-20-16(21-15)22-7-12-13(17)10-5-3-4-6-11(10)24-12/h3-6H,7H2,1-2H3. The second-order valence-corrected chi connectivity index (χ2v) is 8.79. The number of fused-ring (bicyclic) bond motifs is 1. The lowest BCUT2D eigenvalue weighted by Gasteiger charge is -1.95. The SMILES string of the molecule is Cc1nc(C)c(-c2nnc(SCc3sc4ccccc4c3Cl)o2)s1. The zero-order chi connectivity index (χ0) is 16.7. The normalized spacial score (nSPS) is 11.5. The van der Waals surface area contributed by atoms with Crippen LogP contribution in [0.1, 0.15) is 15.6 Å². The number of aromatic nitrogens is 3. The van der Waals surface area contributed by atoms with Crippen LogP contribution in [0, 0.1) is 13.8 Å². The number of benzene rings is 1. The van der Waals surface area contributed by atoms with Gasteiger partial charge in [-0.05, 0) is 19.9 Å². The Kier molecular flexibility index (Phi) is 4.34. The van der Waals surface area contributed by atoms with Crippen molar-refractivity contribution in [2.24, 2.45) is 0 Å². The Balaban J connectivity index is 1.54. The van der Waals surface area contributed by atoms with Gasteiger partial charge < -0.3 is 4.42 Å². The molecule has 0 spiro atoms. The molecule has 0 saturated carbocycles. The molecule has 0 fully saturated rings. The fraction of sp³-hybridized carbons (Fsp3) is 0.188. The maximum atomic E-state index is 6.47. The number of aryl methyl sites for hydroxylation is 2. The molecule has 0 aliphatic carbocycles. The summed E-state index contributed by atoms with van der Waals surface area (Å²) in [5.74, 6) is 1.24. The van der Waals surface area contributed by atoms with Crippen molar-refractivity contribution in [3.63, 3.8) is 0 Å². The van der Waals surface area contributed by atoms with E-state index in [9.17, 15) is 0 Å². The van der Waals surface area contributed by atoms with Crippen LogP contribution in [0.2, 0.25) is 5.02 Å². The molecule has 3 aromatic heterocycles. The molecule has 4 aromatic rings. The molecule has 24 heavy (non-hydrogen) atoms. The maximum Gasteiger partial charge on any atom is 0.277 e. The van der Waals surface area contributed by atoms with Gasteiger partial charge in [0.25, 0.3) is 11.1 Å². The van der Waals surface area contributed by atoms with Crippen LogP contribution in [0.3, 0.4) is 0 Å². The number of rotatable bonds is 4. The first-order valence-electron chi connectivity index (χ1n) is 7.18. The van der Waals surface area contributed by atoms with Crippen LogP contribution in [-0.2, 0) is 5.75 Å². The highest BCUT2D eigenvalue weighted by molar-refractivity contribution is 7.98. The third kappa shape index (κ3) is 2.97. The van der Waals surface area contributed by atoms with Gasteiger partial charge in [0, 0.05) is 20.7 Å². The Labute approximate surface area is 155 Å². The van der Waals surface area contributed by atoms with Crippen molar-refractivity contribution in [2.45, 2.75) is 24.8 Å². The molecule has 1 aromatic carbocycles. The molecule has 0 aliphatic rings. The number of halogens is 1. The van der Waals surface area contributed by atoms with Gasteiger partial charge in [-0.1, -0.05) is 41.6 Å². The summed E-state index contributed by atoms with van der Waals surface area (Å²) in [7, 11) is 0. The molecule has 0 radical (unpaired) electrons. The van der Waals surface area contributed by atoms with Crippen molar-refractivity contribution in [2.75, 3.05) is 0 Å². The van der Waals surface area contributed by atoms with E-state index in [2.05, 4.69) is 21.2 Å². The third-order valence-electron chi connectivity index (χ3n) is 3.43. The molecule has 0 amide bonds. The molecule has 4 nitrogen and oxygen atoms in total. The smallest absolute Gasteiger partial charge is 0.277 e. The molecule has 122 valence electrons. The second-order valence-electron chi connectivity index (χ2n) is 5.14. The zero-order valence-electron chi connectivity index (χ0n) is 12.9. The first-order valence-corrected chi connectivity index (χ1v) is 10.2. The molecule has 0 unspecified atom stereocenters. The van der Waals surface area contributed by atoms with Gasteiger partial charge in [0.1, 0.15) is 4.88 Å². The highest BCUT2D eigenvalue weighted by Crippen LogP contribution is 2.39. The Morgan fingerprint density at radius 3 is 2.75 bits per heavy atom. The minimum Gasteiger partial charge on any atom is -0.410 e. The van der Waals surface area contributed by atoms with Crippen LogP contribution in [0.25, 0.3) is 20.9 Å². The summed E-state index contributed by atoms with van der Waals surface area (Å²) in [6.45, 7) is 3.92. The average molecular weight is 394 g/mol. The lowest BCUT2D eigenvalue weighted by atomic mass is 10.2. The first-order chi connectivity index (χ1) is 11.6. The lowest BCUT2D eigenvalue weighted by Crippen LogP contribution is -1.77. The monoisotopic (exact) mass is 393 g/mol. The highest BCUT2D eigenvalue weighted by Gasteiger charge is 2.16. The van der Waals surface area contributed by atoms with Crippen LogP contribution >= 0.6 is 46.0 Å². The summed E-state index contributed by atoms with van der Waals surface area (Å²) in [6, 6.07) is 8.15. The van der Waals surface area contributed by atoms with E-state index in [1.54, 1.807) is 22.7 Å². The fourth-order valence-electron chi connectivity index (χ4n) is 2.37. The molecular weight excluding hydrogens is 382 g/mol. The first kappa shape index (κ1) is 16.1. The quantitative estimate of drug-likeness (QED) is 0.400. The Morgan fingerprint density at radius 1 is 1.17 bits per heavy atom. The maximum absolute atomic E-state index is 6.47. The van der Waals surface area contributed by atoms with E-state index in [-0.39, 0.29) is 0 Å². The van der Waals surface area contributed by atoms with Crippen molar-refractivity contribution in [1.29, 1.82) is 0 Å². The highest BCUT2D eigenvalue weighted by atomic mass is 35.5. The molecule has 0 N–H and O–H groups in total. The van der Waals surface area contributed by atoms with E-state index in [4.69, 9.17) is 16.0 Å². The number of thiophene rings is 1. The van der Waals surface area contributed by atoms with E-state index >= 15 is 0 Å². The minimum atomic E-state index is 0.531. The second kappa shape index (κ2) is 6.48. The van der Waals surface area contributed by atoms with Crippen molar-refractivity contribution in [3.05, 3.63) is 44.9 Å². The van der Waals surface area contributed by atoms with E-state index in [1.165, 1.54) is 16.5 Å². The molecule has 0 atom stereocenters. The Bertz CT molecular complexity index is 1020. The van der Waals surface area contributed by atoms with Crippen LogP contribution in [0.4, 0.5) is 0 Å². The van der Waals surface area contributed by atoms with Gasteiger partial charge >= 0.3 is 0 Å². The molecule has 0 saturated heterocycles. The van der Waals surface area contributed by atoms with Gasteiger partial charge in [0.2, 0.25) is 0 Å². The molecule has 0 bridgehead atoms. The summed E-state index contributed by atoms with van der Waals surface area (Å²) in [5.41, 5.74) is 0.922. The van der Waals surface area contributed by atoms with Gasteiger partial charge in [0.05, 0.1) is 15.7 Å². The van der Waals surface area contributed by atoms with Crippen LogP contribution < -0.4 is 0 Å². The Hall–Kier alpha value is -1.41. The van der Waals surface area contributed by atoms with E-state index in [0.29, 0.717) is 16.9 Å². The predicted octanol–water partition coefficient (Wildman–Crippen LogP) is 5.97. The topological polar surface area (TPSA) is 51.8 Å². The summed E-state index contributed by atoms with van der Waals surface area (Å²) in [6.07, 6.45) is 0. The molecule has 4 rings (SSSR count). The molecule has 3 heterocycles. The van der Waals surface area contributed by atoms with Gasteiger partial charge in [0.15, 0.2) is 0 Å². The van der Waals surface area contributed by atoms with Crippen molar-refractivity contribution in [3.8, 4) is 10.8 Å². The summed E-state index contributed by atoms with van der Waals surface area (Å²) in [4.78, 5) is 6.45. The summed E-state index contributed by atoms with van der Waals surface area (Å²) >= 11 is 11.2. The summed E-state index contributed by atoms with van der Waals surface area (Å²) in [5, 5.41) is 11.7.